The number of thiocarbonyl (C=S) groups is 1. The molecule has 3 nitrogen and oxygen atoms in total. The zero-order valence-electron chi connectivity index (χ0n) is 9.37. The molecule has 4 bridgehead atoms. The predicted octanol–water partition coefficient (Wildman–Crippen LogP) is 1.94. The maximum Gasteiger partial charge on any atom is 0.273 e. The van der Waals surface area contributed by atoms with E-state index in [2.05, 4.69) is 10.9 Å². The molecule has 0 aromatic rings. The van der Waals surface area contributed by atoms with Gasteiger partial charge in [0.15, 0.2) is 6.23 Å². The zero-order chi connectivity index (χ0) is 10.8. The molecule has 0 aromatic carbocycles. The monoisotopic (exact) mass is 238 g/mol. The van der Waals surface area contributed by atoms with E-state index in [-0.39, 0.29) is 6.23 Å². The van der Waals surface area contributed by atoms with Crippen molar-refractivity contribution in [1.29, 1.82) is 0 Å². The van der Waals surface area contributed by atoms with Crippen LogP contribution < -0.4 is 10.9 Å². The van der Waals surface area contributed by atoms with Gasteiger partial charge in [0.1, 0.15) is 0 Å². The first kappa shape index (κ1) is 9.66. The average molecular weight is 238 g/mol. The second kappa shape index (κ2) is 3.10. The molecule has 16 heavy (non-hydrogen) atoms. The first-order valence-electron chi connectivity index (χ1n) is 6.46. The SMILES string of the molecule is S=C1NNC(C23CC4CC(CC(C4)C2)C3)O1. The van der Waals surface area contributed by atoms with Crippen LogP contribution >= 0.6 is 12.2 Å². The number of ether oxygens (including phenoxy) is 1. The fourth-order valence-corrected chi connectivity index (χ4v) is 5.22. The van der Waals surface area contributed by atoms with Crippen LogP contribution in [0.4, 0.5) is 0 Å². The molecule has 0 amide bonds. The lowest BCUT2D eigenvalue weighted by atomic mass is 9.49. The second-order valence-electron chi connectivity index (χ2n) is 6.33. The normalized spacial score (nSPS) is 53.9. The van der Waals surface area contributed by atoms with Gasteiger partial charge in [0.25, 0.3) is 5.17 Å². The molecule has 1 atom stereocenters. The third kappa shape index (κ3) is 1.26. The summed E-state index contributed by atoms with van der Waals surface area (Å²) in [5.41, 5.74) is 6.58. The molecular weight excluding hydrogens is 220 g/mol. The summed E-state index contributed by atoms with van der Waals surface area (Å²) in [6, 6.07) is 0. The highest BCUT2D eigenvalue weighted by molar-refractivity contribution is 7.80. The highest BCUT2D eigenvalue weighted by atomic mass is 32.1. The summed E-state index contributed by atoms with van der Waals surface area (Å²) in [4.78, 5) is 0. The lowest BCUT2D eigenvalue weighted by molar-refractivity contribution is -0.116. The van der Waals surface area contributed by atoms with E-state index >= 15 is 0 Å². The van der Waals surface area contributed by atoms with Crippen molar-refractivity contribution in [3.8, 4) is 0 Å². The highest BCUT2D eigenvalue weighted by Crippen LogP contribution is 2.61. The molecule has 4 aliphatic carbocycles. The molecule has 0 spiro atoms. The fraction of sp³-hybridized carbons (Fsp3) is 0.917. The van der Waals surface area contributed by atoms with Gasteiger partial charge >= 0.3 is 0 Å². The van der Waals surface area contributed by atoms with Crippen molar-refractivity contribution in [2.45, 2.75) is 44.8 Å². The molecule has 4 heteroatoms. The number of rotatable bonds is 1. The Kier molecular flexibility index (Phi) is 1.87. The van der Waals surface area contributed by atoms with E-state index in [0.29, 0.717) is 10.6 Å². The molecule has 4 saturated carbocycles. The molecule has 1 aliphatic heterocycles. The molecule has 88 valence electrons. The van der Waals surface area contributed by atoms with E-state index in [1.54, 1.807) is 0 Å². The van der Waals surface area contributed by atoms with E-state index in [4.69, 9.17) is 17.0 Å². The molecular formula is C12H18N2OS. The maximum atomic E-state index is 5.76. The quantitative estimate of drug-likeness (QED) is 0.684. The summed E-state index contributed by atoms with van der Waals surface area (Å²) < 4.78 is 5.76. The molecule has 5 rings (SSSR count). The van der Waals surface area contributed by atoms with Crippen LogP contribution in [-0.2, 0) is 4.74 Å². The second-order valence-corrected chi connectivity index (χ2v) is 6.71. The number of hydrogen-bond donors (Lipinski definition) is 2. The van der Waals surface area contributed by atoms with Crippen LogP contribution in [0.15, 0.2) is 0 Å². The molecule has 5 aliphatic rings. The smallest absolute Gasteiger partial charge is 0.273 e. The Morgan fingerprint density at radius 1 is 1.06 bits per heavy atom. The molecule has 0 radical (unpaired) electrons. The minimum atomic E-state index is 0.133. The Labute approximate surface area is 101 Å². The number of hydrogen-bond acceptors (Lipinski definition) is 3. The van der Waals surface area contributed by atoms with Crippen LogP contribution in [-0.4, -0.2) is 11.4 Å². The zero-order valence-corrected chi connectivity index (χ0v) is 10.2. The maximum absolute atomic E-state index is 5.76. The fourth-order valence-electron chi connectivity index (χ4n) is 5.07. The first-order valence-corrected chi connectivity index (χ1v) is 6.86. The predicted molar refractivity (Wildman–Crippen MR) is 64.3 cm³/mol. The van der Waals surface area contributed by atoms with Gasteiger partial charge in [-0.1, -0.05) is 0 Å². The van der Waals surface area contributed by atoms with Crippen LogP contribution in [0.25, 0.3) is 0 Å². The average Bonchev–Trinajstić information content (AvgIpc) is 2.63. The van der Waals surface area contributed by atoms with Gasteiger partial charge in [-0.3, -0.25) is 5.43 Å². The van der Waals surface area contributed by atoms with E-state index in [1.807, 2.05) is 0 Å². The van der Waals surface area contributed by atoms with Gasteiger partial charge in [-0.25, -0.2) is 0 Å². The Hall–Kier alpha value is -0.350. The minimum Gasteiger partial charge on any atom is -0.449 e. The Morgan fingerprint density at radius 3 is 2.06 bits per heavy atom. The topological polar surface area (TPSA) is 33.3 Å². The lowest BCUT2D eigenvalue weighted by Crippen LogP contribution is -2.55. The summed E-state index contributed by atoms with van der Waals surface area (Å²) in [5, 5.41) is 0.528. The summed E-state index contributed by atoms with van der Waals surface area (Å²) in [6.07, 6.45) is 8.61. The minimum absolute atomic E-state index is 0.133. The van der Waals surface area contributed by atoms with Gasteiger partial charge in [-0.2, -0.15) is 5.43 Å². The highest BCUT2D eigenvalue weighted by Gasteiger charge is 2.56. The van der Waals surface area contributed by atoms with Crippen LogP contribution in [0.3, 0.4) is 0 Å². The van der Waals surface area contributed by atoms with Crippen LogP contribution in [0, 0.1) is 23.2 Å². The van der Waals surface area contributed by atoms with Crippen molar-refractivity contribution < 1.29 is 4.74 Å². The van der Waals surface area contributed by atoms with Crippen LogP contribution in [0.5, 0.6) is 0 Å². The molecule has 5 fully saturated rings. The third-order valence-electron chi connectivity index (χ3n) is 5.17. The van der Waals surface area contributed by atoms with Crippen LogP contribution in [0.1, 0.15) is 38.5 Å². The molecule has 1 unspecified atom stereocenters. The summed E-state index contributed by atoms with van der Waals surface area (Å²) in [5.74, 6) is 2.89. The van der Waals surface area contributed by atoms with Gasteiger partial charge in [0.05, 0.1) is 0 Å². The summed E-state index contributed by atoms with van der Waals surface area (Å²) >= 11 is 5.06. The first-order chi connectivity index (χ1) is 7.73. The standard InChI is InChI=1S/C12H18N2OS/c16-11-14-13-10(15-11)12-4-7-1-8(5-12)3-9(2-7)6-12/h7-10,13H,1-6H2,(H,14,16). The number of nitrogens with one attached hydrogen (secondary N) is 2. The largest absolute Gasteiger partial charge is 0.449 e. The summed E-state index contributed by atoms with van der Waals surface area (Å²) in [7, 11) is 0. The molecule has 2 N–H and O–H groups in total. The van der Waals surface area contributed by atoms with Gasteiger partial charge in [0.2, 0.25) is 0 Å². The Morgan fingerprint density at radius 2 is 1.62 bits per heavy atom. The number of hydrazine groups is 1. The Balaban J connectivity index is 1.64. The van der Waals surface area contributed by atoms with Crippen molar-refractivity contribution >= 4 is 17.4 Å². The third-order valence-corrected chi connectivity index (χ3v) is 5.37. The van der Waals surface area contributed by atoms with E-state index in [9.17, 15) is 0 Å². The van der Waals surface area contributed by atoms with Crippen molar-refractivity contribution in [3.63, 3.8) is 0 Å². The molecule has 1 saturated heterocycles. The van der Waals surface area contributed by atoms with Gasteiger partial charge < -0.3 is 4.74 Å². The van der Waals surface area contributed by atoms with Crippen LogP contribution in [0.2, 0.25) is 0 Å². The van der Waals surface area contributed by atoms with Gasteiger partial charge in [-0.15, -0.1) is 0 Å². The molecule has 0 aromatic heterocycles. The van der Waals surface area contributed by atoms with Gasteiger partial charge in [0, 0.05) is 5.41 Å². The van der Waals surface area contributed by atoms with Crippen molar-refractivity contribution in [2.75, 3.05) is 0 Å². The van der Waals surface area contributed by atoms with E-state index in [1.165, 1.54) is 38.5 Å². The molecule has 1 heterocycles. The lowest BCUT2D eigenvalue weighted by Gasteiger charge is -2.57. The van der Waals surface area contributed by atoms with Gasteiger partial charge in [-0.05, 0) is 68.5 Å². The van der Waals surface area contributed by atoms with E-state index in [0.717, 1.165) is 17.8 Å². The van der Waals surface area contributed by atoms with Crippen molar-refractivity contribution in [1.82, 2.24) is 10.9 Å². The van der Waals surface area contributed by atoms with Crippen molar-refractivity contribution in [2.24, 2.45) is 23.2 Å². The van der Waals surface area contributed by atoms with E-state index < -0.39 is 0 Å². The summed E-state index contributed by atoms with van der Waals surface area (Å²) in [6.45, 7) is 0. The Bertz CT molecular complexity index is 309. The van der Waals surface area contributed by atoms with Crippen molar-refractivity contribution in [3.05, 3.63) is 0 Å².